The lowest BCUT2D eigenvalue weighted by Gasteiger charge is -2.26. The van der Waals surface area contributed by atoms with Gasteiger partial charge in [0.05, 0.1) is 0 Å². The summed E-state index contributed by atoms with van der Waals surface area (Å²) in [5.41, 5.74) is 0.678. The lowest BCUT2D eigenvalue weighted by molar-refractivity contribution is -0.141. The predicted molar refractivity (Wildman–Crippen MR) is 67.9 cm³/mol. The van der Waals surface area contributed by atoms with Gasteiger partial charge in [-0.3, -0.25) is 4.79 Å². The molecule has 0 spiro atoms. The molecule has 4 nitrogen and oxygen atoms in total. The zero-order valence-corrected chi connectivity index (χ0v) is 10.2. The van der Waals surface area contributed by atoms with Crippen molar-refractivity contribution in [1.82, 2.24) is 10.2 Å². The molecule has 2 saturated heterocycles. The Balaban J connectivity index is 1.75. The molecule has 0 saturated carbocycles. The first-order valence-electron chi connectivity index (χ1n) is 6.51. The van der Waals surface area contributed by atoms with Gasteiger partial charge in [-0.05, 0) is 17.9 Å². The van der Waals surface area contributed by atoms with Gasteiger partial charge in [0.25, 0.3) is 5.91 Å². The fourth-order valence-corrected chi connectivity index (χ4v) is 3.06. The monoisotopic (exact) mass is 246 g/mol. The first-order chi connectivity index (χ1) is 8.77. The third kappa shape index (κ3) is 1.91. The highest BCUT2D eigenvalue weighted by Gasteiger charge is 2.41. The van der Waals surface area contributed by atoms with Crippen LogP contribution >= 0.6 is 0 Å². The van der Waals surface area contributed by atoms with Crippen molar-refractivity contribution < 1.29 is 9.90 Å². The summed E-state index contributed by atoms with van der Waals surface area (Å²) in [5.74, 6) is 0.411. The van der Waals surface area contributed by atoms with Gasteiger partial charge >= 0.3 is 0 Å². The van der Waals surface area contributed by atoms with Crippen LogP contribution in [0.15, 0.2) is 30.3 Å². The van der Waals surface area contributed by atoms with E-state index in [4.69, 9.17) is 0 Å². The second-order valence-electron chi connectivity index (χ2n) is 5.12. The van der Waals surface area contributed by atoms with Gasteiger partial charge in [0.1, 0.15) is 0 Å². The van der Waals surface area contributed by atoms with Crippen molar-refractivity contribution in [2.75, 3.05) is 19.6 Å². The molecular formula is C14H18N2O2. The Morgan fingerprint density at radius 3 is 2.89 bits per heavy atom. The Labute approximate surface area is 107 Å². The molecule has 1 aromatic rings. The minimum Gasteiger partial charge on any atom is -0.378 e. The van der Waals surface area contributed by atoms with Gasteiger partial charge in [-0.2, -0.15) is 0 Å². The molecule has 2 aliphatic heterocycles. The number of nitrogens with zero attached hydrogens (tertiary/aromatic N) is 1. The number of hydrogen-bond acceptors (Lipinski definition) is 3. The van der Waals surface area contributed by atoms with E-state index in [1.165, 1.54) is 0 Å². The molecule has 0 bridgehead atoms. The number of benzene rings is 1. The fourth-order valence-electron chi connectivity index (χ4n) is 3.06. The SMILES string of the molecule is O=C(C(O)c1ccccc1)N1CC[C@H]2CNC[C@H]21. The number of aliphatic hydroxyl groups is 1. The average Bonchev–Trinajstić information content (AvgIpc) is 3.00. The average molecular weight is 246 g/mol. The van der Waals surface area contributed by atoms with Crippen LogP contribution in [-0.4, -0.2) is 41.6 Å². The van der Waals surface area contributed by atoms with E-state index in [-0.39, 0.29) is 11.9 Å². The summed E-state index contributed by atoms with van der Waals surface area (Å²) in [6, 6.07) is 9.43. The molecule has 3 atom stereocenters. The number of likely N-dealkylation sites (tertiary alicyclic amines) is 1. The van der Waals surface area contributed by atoms with Crippen molar-refractivity contribution in [2.45, 2.75) is 18.6 Å². The molecule has 96 valence electrons. The summed E-state index contributed by atoms with van der Waals surface area (Å²) in [6.45, 7) is 2.63. The maximum Gasteiger partial charge on any atom is 0.256 e. The predicted octanol–water partition coefficient (Wildman–Crippen LogP) is 0.540. The molecule has 3 rings (SSSR count). The summed E-state index contributed by atoms with van der Waals surface area (Å²) in [4.78, 5) is 14.2. The van der Waals surface area contributed by atoms with Gasteiger partial charge in [-0.1, -0.05) is 30.3 Å². The third-order valence-electron chi connectivity index (χ3n) is 4.08. The topological polar surface area (TPSA) is 52.6 Å². The molecule has 2 N–H and O–H groups in total. The molecule has 0 aromatic heterocycles. The zero-order valence-electron chi connectivity index (χ0n) is 10.2. The smallest absolute Gasteiger partial charge is 0.256 e. The zero-order chi connectivity index (χ0) is 12.5. The van der Waals surface area contributed by atoms with E-state index in [0.717, 1.165) is 26.1 Å². The highest BCUT2D eigenvalue weighted by Crippen LogP contribution is 2.29. The Morgan fingerprint density at radius 1 is 1.33 bits per heavy atom. The summed E-state index contributed by atoms with van der Waals surface area (Å²) < 4.78 is 0. The van der Waals surface area contributed by atoms with Gasteiger partial charge in [0.2, 0.25) is 0 Å². The highest BCUT2D eigenvalue weighted by atomic mass is 16.3. The highest BCUT2D eigenvalue weighted by molar-refractivity contribution is 5.82. The quantitative estimate of drug-likeness (QED) is 0.801. The maximum atomic E-state index is 12.3. The Kier molecular flexibility index (Phi) is 3.06. The summed E-state index contributed by atoms with van der Waals surface area (Å²) in [7, 11) is 0. The number of fused-ring (bicyclic) bond motifs is 1. The van der Waals surface area contributed by atoms with E-state index >= 15 is 0 Å². The van der Waals surface area contributed by atoms with Gasteiger partial charge in [-0.15, -0.1) is 0 Å². The van der Waals surface area contributed by atoms with E-state index in [9.17, 15) is 9.90 Å². The third-order valence-corrected chi connectivity index (χ3v) is 4.08. The van der Waals surface area contributed by atoms with Crippen LogP contribution in [0, 0.1) is 5.92 Å². The lowest BCUT2D eigenvalue weighted by Crippen LogP contribution is -2.41. The van der Waals surface area contributed by atoms with Crippen molar-refractivity contribution in [3.05, 3.63) is 35.9 Å². The molecule has 2 aliphatic rings. The number of rotatable bonds is 2. The Morgan fingerprint density at radius 2 is 2.11 bits per heavy atom. The second-order valence-corrected chi connectivity index (χ2v) is 5.12. The summed E-state index contributed by atoms with van der Waals surface area (Å²) in [6.07, 6.45) is 0.0239. The van der Waals surface area contributed by atoms with Crippen LogP contribution in [0.25, 0.3) is 0 Å². The minimum absolute atomic E-state index is 0.155. The Hall–Kier alpha value is -1.39. The number of nitrogens with one attached hydrogen (secondary N) is 1. The molecular weight excluding hydrogens is 228 g/mol. The van der Waals surface area contributed by atoms with E-state index < -0.39 is 6.10 Å². The largest absolute Gasteiger partial charge is 0.378 e. The van der Waals surface area contributed by atoms with Crippen LogP contribution in [0.1, 0.15) is 18.1 Å². The van der Waals surface area contributed by atoms with Crippen molar-refractivity contribution in [2.24, 2.45) is 5.92 Å². The molecule has 18 heavy (non-hydrogen) atoms. The van der Waals surface area contributed by atoms with Gasteiger partial charge in [0, 0.05) is 25.7 Å². The van der Waals surface area contributed by atoms with E-state index in [1.807, 2.05) is 23.1 Å². The standard InChI is InChI=1S/C14H18N2O2/c17-13(10-4-2-1-3-5-10)14(18)16-7-6-11-8-15-9-12(11)16/h1-5,11-13,15,17H,6-9H2/t11-,12+,13?/m0/s1. The molecule has 2 heterocycles. The van der Waals surface area contributed by atoms with E-state index in [2.05, 4.69) is 5.32 Å². The van der Waals surface area contributed by atoms with Crippen molar-refractivity contribution in [3.8, 4) is 0 Å². The van der Waals surface area contributed by atoms with Gasteiger partial charge < -0.3 is 15.3 Å². The fraction of sp³-hybridized carbons (Fsp3) is 0.500. The van der Waals surface area contributed by atoms with Gasteiger partial charge in [-0.25, -0.2) is 0 Å². The minimum atomic E-state index is -1.02. The van der Waals surface area contributed by atoms with Crippen LogP contribution in [0.5, 0.6) is 0 Å². The number of carbonyl (C=O) groups excluding carboxylic acids is 1. The van der Waals surface area contributed by atoms with Crippen LogP contribution in [0.4, 0.5) is 0 Å². The number of amides is 1. The van der Waals surface area contributed by atoms with Crippen LogP contribution in [0.2, 0.25) is 0 Å². The van der Waals surface area contributed by atoms with Crippen LogP contribution < -0.4 is 5.32 Å². The van der Waals surface area contributed by atoms with E-state index in [0.29, 0.717) is 11.5 Å². The molecule has 1 aromatic carbocycles. The molecule has 0 aliphatic carbocycles. The van der Waals surface area contributed by atoms with Crippen LogP contribution in [0.3, 0.4) is 0 Å². The normalized spacial score (nSPS) is 28.2. The molecule has 4 heteroatoms. The molecule has 1 unspecified atom stereocenters. The number of aliphatic hydroxyl groups excluding tert-OH is 1. The molecule has 1 amide bonds. The van der Waals surface area contributed by atoms with Gasteiger partial charge in [0.15, 0.2) is 6.10 Å². The Bertz CT molecular complexity index is 435. The molecule has 2 fully saturated rings. The first-order valence-corrected chi connectivity index (χ1v) is 6.51. The molecule has 0 radical (unpaired) electrons. The lowest BCUT2D eigenvalue weighted by atomic mass is 10.0. The van der Waals surface area contributed by atoms with Crippen LogP contribution in [-0.2, 0) is 4.79 Å². The van der Waals surface area contributed by atoms with Crippen molar-refractivity contribution in [1.29, 1.82) is 0 Å². The summed E-state index contributed by atoms with van der Waals surface area (Å²) in [5, 5.41) is 13.5. The number of carbonyl (C=O) groups is 1. The second kappa shape index (κ2) is 4.71. The van der Waals surface area contributed by atoms with Crippen molar-refractivity contribution in [3.63, 3.8) is 0 Å². The van der Waals surface area contributed by atoms with Crippen molar-refractivity contribution >= 4 is 5.91 Å². The first kappa shape index (κ1) is 11.7. The summed E-state index contributed by atoms with van der Waals surface area (Å²) >= 11 is 0. The maximum absolute atomic E-state index is 12.3. The van der Waals surface area contributed by atoms with E-state index in [1.54, 1.807) is 12.1 Å². The number of hydrogen-bond donors (Lipinski definition) is 2.